The first-order chi connectivity index (χ1) is 19.9. The van der Waals surface area contributed by atoms with Crippen molar-refractivity contribution in [2.45, 2.75) is 26.2 Å². The summed E-state index contributed by atoms with van der Waals surface area (Å²) in [4.78, 5) is 39.5. The SMILES string of the molecule is CCOC(=O)C1=C(C(=O)OCC)N(c2ccc(OC)cc2)[C@@H](/C=C/c2ccccc2)O[C@H]1c1ccc([N+](=O)[O-])cc1. The van der Waals surface area contributed by atoms with Crippen LogP contribution in [0.5, 0.6) is 5.75 Å². The molecule has 212 valence electrons. The lowest BCUT2D eigenvalue weighted by Crippen LogP contribution is -2.46. The Morgan fingerprint density at radius 2 is 1.56 bits per heavy atom. The average molecular weight is 559 g/mol. The first-order valence-corrected chi connectivity index (χ1v) is 13.0. The van der Waals surface area contributed by atoms with Gasteiger partial charge in [-0.1, -0.05) is 36.4 Å². The van der Waals surface area contributed by atoms with Crippen LogP contribution in [0.15, 0.2) is 96.2 Å². The molecule has 3 aromatic rings. The standard InChI is InChI=1S/C31H30N2O8/c1-4-39-30(34)27-28(31(35)40-5-2)32(23-16-18-25(38-3)19-17-23)26(20-11-21-9-7-6-8-10-21)41-29(27)22-12-14-24(15-13-22)33(36)37/h6-20,26,29H,4-5H2,1-3H3/b20-11+/t26-,29+/m1/s1. The van der Waals surface area contributed by atoms with Gasteiger partial charge < -0.3 is 23.8 Å². The summed E-state index contributed by atoms with van der Waals surface area (Å²) in [5.74, 6) is -0.929. The number of methoxy groups -OCH3 is 1. The zero-order valence-corrected chi connectivity index (χ0v) is 22.9. The second-order valence-electron chi connectivity index (χ2n) is 8.80. The van der Waals surface area contributed by atoms with Crippen LogP contribution in [0.1, 0.15) is 31.1 Å². The van der Waals surface area contributed by atoms with Crippen molar-refractivity contribution in [2.24, 2.45) is 0 Å². The van der Waals surface area contributed by atoms with E-state index in [-0.39, 0.29) is 30.2 Å². The summed E-state index contributed by atoms with van der Waals surface area (Å²) >= 11 is 0. The predicted octanol–water partition coefficient (Wildman–Crippen LogP) is 5.60. The van der Waals surface area contributed by atoms with Crippen molar-refractivity contribution < 1.29 is 33.5 Å². The van der Waals surface area contributed by atoms with Gasteiger partial charge in [-0.15, -0.1) is 0 Å². The number of carbonyl (C=O) groups is 2. The lowest BCUT2D eigenvalue weighted by atomic mass is 9.95. The molecule has 0 fully saturated rings. The largest absolute Gasteiger partial charge is 0.497 e. The molecule has 0 aromatic heterocycles. The maximum absolute atomic E-state index is 13.6. The van der Waals surface area contributed by atoms with E-state index in [2.05, 4.69) is 0 Å². The van der Waals surface area contributed by atoms with E-state index >= 15 is 0 Å². The molecule has 3 aromatic carbocycles. The Kier molecular flexibility index (Phi) is 9.49. The van der Waals surface area contributed by atoms with Crippen LogP contribution in [0.3, 0.4) is 0 Å². The highest BCUT2D eigenvalue weighted by Gasteiger charge is 2.43. The molecule has 0 saturated heterocycles. The number of nitrogens with zero attached hydrogens (tertiary/aromatic N) is 2. The summed E-state index contributed by atoms with van der Waals surface area (Å²) < 4.78 is 22.7. The normalized spacial score (nSPS) is 16.9. The van der Waals surface area contributed by atoms with Crippen molar-refractivity contribution in [3.8, 4) is 5.75 Å². The minimum atomic E-state index is -1.10. The van der Waals surface area contributed by atoms with E-state index in [9.17, 15) is 19.7 Å². The topological polar surface area (TPSA) is 117 Å². The van der Waals surface area contributed by atoms with Crippen molar-refractivity contribution in [1.82, 2.24) is 0 Å². The second-order valence-corrected chi connectivity index (χ2v) is 8.80. The summed E-state index contributed by atoms with van der Waals surface area (Å²) in [6, 6.07) is 22.1. The quantitative estimate of drug-likeness (QED) is 0.178. The Hall–Kier alpha value is -4.96. The maximum atomic E-state index is 13.6. The lowest BCUT2D eigenvalue weighted by Gasteiger charge is -2.41. The van der Waals surface area contributed by atoms with Gasteiger partial charge in [0.15, 0.2) is 6.23 Å². The molecule has 0 radical (unpaired) electrons. The number of non-ortho nitro benzene ring substituents is 1. The van der Waals surface area contributed by atoms with E-state index in [1.165, 1.54) is 24.3 Å². The van der Waals surface area contributed by atoms with E-state index in [1.54, 1.807) is 56.2 Å². The summed E-state index contributed by atoms with van der Waals surface area (Å²) in [6.45, 7) is 3.42. The van der Waals surface area contributed by atoms with Crippen molar-refractivity contribution in [2.75, 3.05) is 25.2 Å². The molecule has 0 saturated carbocycles. The average Bonchev–Trinajstić information content (AvgIpc) is 3.00. The number of hydrogen-bond acceptors (Lipinski definition) is 9. The molecule has 10 nitrogen and oxygen atoms in total. The first kappa shape index (κ1) is 29.0. The van der Waals surface area contributed by atoms with E-state index in [1.807, 2.05) is 36.4 Å². The summed E-state index contributed by atoms with van der Waals surface area (Å²) in [7, 11) is 1.54. The number of anilines is 1. The highest BCUT2D eigenvalue weighted by atomic mass is 16.6. The number of esters is 2. The van der Waals surface area contributed by atoms with Crippen LogP contribution in [0.2, 0.25) is 0 Å². The molecular formula is C31H30N2O8. The van der Waals surface area contributed by atoms with Crippen LogP contribution in [0.4, 0.5) is 11.4 Å². The van der Waals surface area contributed by atoms with Gasteiger partial charge in [0.2, 0.25) is 0 Å². The lowest BCUT2D eigenvalue weighted by molar-refractivity contribution is -0.384. The highest BCUT2D eigenvalue weighted by Crippen LogP contribution is 2.41. The molecule has 4 rings (SSSR count). The Morgan fingerprint density at radius 1 is 0.927 bits per heavy atom. The minimum Gasteiger partial charge on any atom is -0.497 e. The Bertz CT molecular complexity index is 1430. The molecular weight excluding hydrogens is 528 g/mol. The molecule has 0 bridgehead atoms. The molecule has 2 atom stereocenters. The molecule has 0 spiro atoms. The molecule has 1 aliphatic rings. The molecule has 41 heavy (non-hydrogen) atoms. The van der Waals surface area contributed by atoms with Gasteiger partial charge in [0.25, 0.3) is 5.69 Å². The van der Waals surface area contributed by atoms with Crippen LogP contribution in [-0.4, -0.2) is 43.4 Å². The molecule has 1 heterocycles. The summed E-state index contributed by atoms with van der Waals surface area (Å²) in [6.07, 6.45) is 1.60. The molecule has 0 aliphatic carbocycles. The zero-order valence-electron chi connectivity index (χ0n) is 22.9. The maximum Gasteiger partial charge on any atom is 0.355 e. The van der Waals surface area contributed by atoms with Gasteiger partial charge >= 0.3 is 11.9 Å². The zero-order chi connectivity index (χ0) is 29.4. The number of rotatable bonds is 10. The summed E-state index contributed by atoms with van der Waals surface area (Å²) in [5.41, 5.74) is 1.56. The van der Waals surface area contributed by atoms with Crippen molar-refractivity contribution in [3.63, 3.8) is 0 Å². The van der Waals surface area contributed by atoms with E-state index in [4.69, 9.17) is 18.9 Å². The number of benzene rings is 3. The predicted molar refractivity (Wildman–Crippen MR) is 152 cm³/mol. The van der Waals surface area contributed by atoms with Crippen LogP contribution >= 0.6 is 0 Å². The van der Waals surface area contributed by atoms with Gasteiger partial charge in [0.1, 0.15) is 23.1 Å². The monoisotopic (exact) mass is 558 g/mol. The number of hydrogen-bond donors (Lipinski definition) is 0. The number of carbonyl (C=O) groups excluding carboxylic acids is 2. The molecule has 0 amide bonds. The molecule has 1 aliphatic heterocycles. The third-order valence-electron chi connectivity index (χ3n) is 6.26. The Morgan fingerprint density at radius 3 is 2.15 bits per heavy atom. The van der Waals surface area contributed by atoms with Crippen LogP contribution in [0, 0.1) is 10.1 Å². The van der Waals surface area contributed by atoms with Gasteiger partial charge in [-0.25, -0.2) is 9.59 Å². The fourth-order valence-corrected chi connectivity index (χ4v) is 4.39. The highest BCUT2D eigenvalue weighted by molar-refractivity contribution is 6.04. The first-order valence-electron chi connectivity index (χ1n) is 13.0. The van der Waals surface area contributed by atoms with Crippen LogP contribution in [0.25, 0.3) is 6.08 Å². The van der Waals surface area contributed by atoms with Gasteiger partial charge in [-0.05, 0) is 67.4 Å². The molecule has 0 N–H and O–H groups in total. The third-order valence-corrected chi connectivity index (χ3v) is 6.26. The van der Waals surface area contributed by atoms with E-state index in [0.717, 1.165) is 5.56 Å². The fraction of sp³-hybridized carbons (Fsp3) is 0.226. The number of nitro benzene ring substituents is 1. The second kappa shape index (κ2) is 13.4. The summed E-state index contributed by atoms with van der Waals surface area (Å²) in [5, 5.41) is 11.3. The van der Waals surface area contributed by atoms with E-state index in [0.29, 0.717) is 17.0 Å². The van der Waals surface area contributed by atoms with Crippen molar-refractivity contribution >= 4 is 29.4 Å². The fourth-order valence-electron chi connectivity index (χ4n) is 4.39. The van der Waals surface area contributed by atoms with Gasteiger partial charge in [-0.3, -0.25) is 10.1 Å². The van der Waals surface area contributed by atoms with Crippen LogP contribution in [-0.2, 0) is 23.8 Å². The number of ether oxygens (including phenoxy) is 4. The molecule has 10 heteroatoms. The van der Waals surface area contributed by atoms with Gasteiger partial charge in [-0.2, -0.15) is 0 Å². The van der Waals surface area contributed by atoms with Crippen molar-refractivity contribution in [3.05, 3.63) is 117 Å². The van der Waals surface area contributed by atoms with Gasteiger partial charge in [0, 0.05) is 17.8 Å². The van der Waals surface area contributed by atoms with Crippen molar-refractivity contribution in [1.29, 1.82) is 0 Å². The molecule has 0 unspecified atom stereocenters. The smallest absolute Gasteiger partial charge is 0.355 e. The Balaban J connectivity index is 1.97. The van der Waals surface area contributed by atoms with E-state index < -0.39 is 29.2 Å². The third kappa shape index (κ3) is 6.62. The van der Waals surface area contributed by atoms with Gasteiger partial charge in [0.05, 0.1) is 25.2 Å². The Labute approximate surface area is 237 Å². The van der Waals surface area contributed by atoms with Crippen LogP contribution < -0.4 is 9.64 Å². The minimum absolute atomic E-state index is 0.0469. The number of nitro groups is 1.